The molecule has 1 saturated heterocycles. The van der Waals surface area contributed by atoms with Gasteiger partial charge in [0.05, 0.1) is 7.11 Å². The second kappa shape index (κ2) is 5.92. The monoisotopic (exact) mass is 292 g/mol. The number of hydrogen-bond donors (Lipinski definition) is 0. The summed E-state index contributed by atoms with van der Waals surface area (Å²) in [6.45, 7) is 9.01. The zero-order valence-electron chi connectivity index (χ0n) is 13.5. The number of amides is 1. The average Bonchev–Trinajstić information content (AvgIpc) is 2.86. The highest BCUT2D eigenvalue weighted by Crippen LogP contribution is 2.33. The zero-order valence-corrected chi connectivity index (χ0v) is 13.5. The Morgan fingerprint density at radius 2 is 2.14 bits per heavy atom. The van der Waals surface area contributed by atoms with Crippen LogP contribution >= 0.6 is 0 Å². The molecule has 0 saturated carbocycles. The molecule has 1 aliphatic rings. The van der Waals surface area contributed by atoms with Crippen LogP contribution in [0.1, 0.15) is 44.2 Å². The number of aromatic nitrogens is 1. The molecule has 116 valence electrons. The van der Waals surface area contributed by atoms with E-state index in [1.807, 2.05) is 27.7 Å². The number of likely N-dealkylation sites (tertiary alicyclic amines) is 1. The van der Waals surface area contributed by atoms with Gasteiger partial charge in [0.25, 0.3) is 0 Å². The van der Waals surface area contributed by atoms with E-state index < -0.39 is 5.60 Å². The molecule has 0 aliphatic carbocycles. The summed E-state index contributed by atoms with van der Waals surface area (Å²) < 4.78 is 10.8. The lowest BCUT2D eigenvalue weighted by Crippen LogP contribution is -2.35. The van der Waals surface area contributed by atoms with Gasteiger partial charge in [0, 0.05) is 30.8 Å². The lowest BCUT2D eigenvalue weighted by Gasteiger charge is -2.24. The summed E-state index contributed by atoms with van der Waals surface area (Å²) in [6, 6.07) is 2.09. The summed E-state index contributed by atoms with van der Waals surface area (Å²) in [6.07, 6.45) is 2.45. The van der Waals surface area contributed by atoms with Crippen molar-refractivity contribution in [2.45, 2.75) is 45.6 Å². The van der Waals surface area contributed by atoms with Crippen LogP contribution in [0.15, 0.2) is 12.3 Å². The van der Waals surface area contributed by atoms with Crippen LogP contribution in [-0.4, -0.2) is 41.8 Å². The molecule has 0 radical (unpaired) electrons. The van der Waals surface area contributed by atoms with Gasteiger partial charge in [-0.25, -0.2) is 9.78 Å². The summed E-state index contributed by atoms with van der Waals surface area (Å²) in [5.41, 5.74) is 1.71. The third-order valence-electron chi connectivity index (χ3n) is 3.49. The third kappa shape index (κ3) is 3.86. The molecule has 1 atom stereocenters. The maximum absolute atomic E-state index is 12.1. The van der Waals surface area contributed by atoms with Crippen molar-refractivity contribution in [2.75, 3.05) is 20.2 Å². The first-order valence-electron chi connectivity index (χ1n) is 7.28. The zero-order chi connectivity index (χ0) is 15.6. The number of pyridine rings is 1. The highest BCUT2D eigenvalue weighted by atomic mass is 16.6. The Bertz CT molecular complexity index is 523. The van der Waals surface area contributed by atoms with Crippen molar-refractivity contribution < 1.29 is 14.3 Å². The molecule has 1 amide bonds. The molecule has 5 nitrogen and oxygen atoms in total. The van der Waals surface area contributed by atoms with Gasteiger partial charge in [0.15, 0.2) is 0 Å². The topological polar surface area (TPSA) is 51.7 Å². The molecule has 1 aromatic heterocycles. The molecule has 0 unspecified atom stereocenters. The molecular formula is C16H24N2O3. The summed E-state index contributed by atoms with van der Waals surface area (Å²) in [4.78, 5) is 18.2. The van der Waals surface area contributed by atoms with Crippen molar-refractivity contribution in [1.29, 1.82) is 0 Å². The molecule has 1 aromatic rings. The molecule has 1 fully saturated rings. The fraction of sp³-hybridized carbons (Fsp3) is 0.625. The average molecular weight is 292 g/mol. The highest BCUT2D eigenvalue weighted by Gasteiger charge is 2.32. The van der Waals surface area contributed by atoms with Gasteiger partial charge < -0.3 is 14.4 Å². The van der Waals surface area contributed by atoms with E-state index in [1.165, 1.54) is 0 Å². The Labute approximate surface area is 126 Å². The van der Waals surface area contributed by atoms with Crippen molar-refractivity contribution in [2.24, 2.45) is 0 Å². The Morgan fingerprint density at radius 1 is 1.43 bits per heavy atom. The van der Waals surface area contributed by atoms with E-state index in [0.29, 0.717) is 19.0 Å². The fourth-order valence-electron chi connectivity index (χ4n) is 2.55. The summed E-state index contributed by atoms with van der Waals surface area (Å²) in [5.74, 6) is 0.900. The first kappa shape index (κ1) is 15.6. The normalized spacial score (nSPS) is 18.7. The van der Waals surface area contributed by atoms with Crippen molar-refractivity contribution in [3.63, 3.8) is 0 Å². The van der Waals surface area contributed by atoms with Gasteiger partial charge in [-0.15, -0.1) is 0 Å². The van der Waals surface area contributed by atoms with E-state index in [2.05, 4.69) is 11.1 Å². The van der Waals surface area contributed by atoms with E-state index in [0.717, 1.165) is 17.5 Å². The molecule has 1 aliphatic heterocycles. The van der Waals surface area contributed by atoms with Crippen molar-refractivity contribution in [1.82, 2.24) is 9.88 Å². The first-order valence-corrected chi connectivity index (χ1v) is 7.28. The molecule has 0 aromatic carbocycles. The Hall–Kier alpha value is -1.78. The minimum Gasteiger partial charge on any atom is -0.481 e. The highest BCUT2D eigenvalue weighted by molar-refractivity contribution is 5.68. The number of aryl methyl sites for hydroxylation is 1. The summed E-state index contributed by atoms with van der Waals surface area (Å²) in [5, 5.41) is 0. The molecule has 2 heterocycles. The molecule has 5 heteroatoms. The first-order chi connectivity index (χ1) is 9.80. The van der Waals surface area contributed by atoms with Gasteiger partial charge >= 0.3 is 6.09 Å². The third-order valence-corrected chi connectivity index (χ3v) is 3.49. The van der Waals surface area contributed by atoms with Gasteiger partial charge in [0.1, 0.15) is 5.60 Å². The van der Waals surface area contributed by atoms with Gasteiger partial charge in [0.2, 0.25) is 5.88 Å². The standard InChI is InChI=1S/C16H24N2O3/c1-11-8-13(14(20-5)17-9-11)12-6-7-18(10-12)15(19)21-16(2,3)4/h8-9,12H,6-7,10H2,1-5H3/t12-/m0/s1. The Morgan fingerprint density at radius 3 is 2.76 bits per heavy atom. The Balaban J connectivity index is 2.09. The maximum atomic E-state index is 12.1. The van der Waals surface area contributed by atoms with Crippen LogP contribution in [0.25, 0.3) is 0 Å². The SMILES string of the molecule is COc1ncc(C)cc1[C@H]1CCN(C(=O)OC(C)(C)C)C1. The maximum Gasteiger partial charge on any atom is 0.410 e. The van der Waals surface area contributed by atoms with E-state index in [9.17, 15) is 4.79 Å². The van der Waals surface area contributed by atoms with Crippen molar-refractivity contribution in [3.8, 4) is 5.88 Å². The Kier molecular flexibility index (Phi) is 4.40. The van der Waals surface area contributed by atoms with Gasteiger partial charge in [-0.05, 0) is 45.7 Å². The van der Waals surface area contributed by atoms with E-state index >= 15 is 0 Å². The molecule has 0 bridgehead atoms. The van der Waals surface area contributed by atoms with Crippen LogP contribution in [0.3, 0.4) is 0 Å². The second-order valence-electron chi connectivity index (χ2n) is 6.52. The van der Waals surface area contributed by atoms with Crippen LogP contribution in [0.2, 0.25) is 0 Å². The number of carbonyl (C=O) groups is 1. The smallest absolute Gasteiger partial charge is 0.410 e. The number of ether oxygens (including phenoxy) is 2. The van der Waals surface area contributed by atoms with Crippen LogP contribution in [-0.2, 0) is 4.74 Å². The van der Waals surface area contributed by atoms with Gasteiger partial charge in [-0.1, -0.05) is 0 Å². The fourth-order valence-corrected chi connectivity index (χ4v) is 2.55. The predicted molar refractivity (Wildman–Crippen MR) is 80.7 cm³/mol. The van der Waals surface area contributed by atoms with Gasteiger partial charge in [-0.3, -0.25) is 0 Å². The van der Waals surface area contributed by atoms with Gasteiger partial charge in [-0.2, -0.15) is 0 Å². The second-order valence-corrected chi connectivity index (χ2v) is 6.52. The molecule has 2 rings (SSSR count). The van der Waals surface area contributed by atoms with E-state index in [1.54, 1.807) is 18.2 Å². The van der Waals surface area contributed by atoms with Crippen LogP contribution in [0, 0.1) is 6.92 Å². The van der Waals surface area contributed by atoms with Crippen molar-refractivity contribution >= 4 is 6.09 Å². The predicted octanol–water partition coefficient (Wildman–Crippen LogP) is 3.12. The van der Waals surface area contributed by atoms with Crippen LogP contribution in [0.4, 0.5) is 4.79 Å². The van der Waals surface area contributed by atoms with Crippen molar-refractivity contribution in [3.05, 3.63) is 23.4 Å². The minimum atomic E-state index is -0.461. The lowest BCUT2D eigenvalue weighted by molar-refractivity contribution is 0.0292. The molecule has 21 heavy (non-hydrogen) atoms. The number of hydrogen-bond acceptors (Lipinski definition) is 4. The number of carbonyl (C=O) groups excluding carboxylic acids is 1. The quantitative estimate of drug-likeness (QED) is 0.840. The van der Waals surface area contributed by atoms with Crippen LogP contribution < -0.4 is 4.74 Å². The minimum absolute atomic E-state index is 0.246. The number of nitrogens with zero attached hydrogens (tertiary/aromatic N) is 2. The lowest BCUT2D eigenvalue weighted by atomic mass is 9.98. The van der Waals surface area contributed by atoms with E-state index in [-0.39, 0.29) is 12.0 Å². The molecular weight excluding hydrogens is 268 g/mol. The molecule has 0 spiro atoms. The van der Waals surface area contributed by atoms with E-state index in [4.69, 9.17) is 9.47 Å². The molecule has 0 N–H and O–H groups in total. The number of rotatable bonds is 2. The summed E-state index contributed by atoms with van der Waals surface area (Å²) >= 11 is 0. The van der Waals surface area contributed by atoms with Crippen LogP contribution in [0.5, 0.6) is 5.88 Å². The summed E-state index contributed by atoms with van der Waals surface area (Å²) in [7, 11) is 1.63. The number of methoxy groups -OCH3 is 1. The largest absolute Gasteiger partial charge is 0.481 e.